The molecule has 0 unspecified atom stereocenters. The van der Waals surface area contributed by atoms with Gasteiger partial charge in [0, 0.05) is 11.8 Å². The van der Waals surface area contributed by atoms with Crippen LogP contribution >= 0.6 is 0 Å². The fourth-order valence-electron chi connectivity index (χ4n) is 1.36. The van der Waals surface area contributed by atoms with Gasteiger partial charge in [0.25, 0.3) is 0 Å². The Kier molecular flexibility index (Phi) is 2.70. The molecule has 0 aliphatic heterocycles. The van der Waals surface area contributed by atoms with Gasteiger partial charge in [-0.05, 0) is 12.1 Å². The van der Waals surface area contributed by atoms with E-state index in [2.05, 4.69) is 4.98 Å². The second-order valence-corrected chi connectivity index (χ2v) is 3.17. The van der Waals surface area contributed by atoms with Crippen molar-refractivity contribution in [2.45, 2.75) is 0 Å². The first kappa shape index (κ1) is 11.0. The van der Waals surface area contributed by atoms with Crippen molar-refractivity contribution in [3.8, 4) is 11.3 Å². The Morgan fingerprint density at radius 3 is 2.76 bits per heavy atom. The SMILES string of the molecule is O=Cc1c(F)cncc1-c1ccc(C(=O)O)o1. The molecule has 2 rings (SSSR count). The minimum Gasteiger partial charge on any atom is -0.475 e. The third-order valence-corrected chi connectivity index (χ3v) is 2.14. The van der Waals surface area contributed by atoms with Gasteiger partial charge in [-0.25, -0.2) is 9.18 Å². The normalized spacial score (nSPS) is 10.2. The van der Waals surface area contributed by atoms with E-state index >= 15 is 0 Å². The van der Waals surface area contributed by atoms with E-state index in [1.54, 1.807) is 0 Å². The third kappa shape index (κ3) is 1.92. The number of furan rings is 1. The highest BCUT2D eigenvalue weighted by molar-refractivity contribution is 5.88. The second-order valence-electron chi connectivity index (χ2n) is 3.17. The highest BCUT2D eigenvalue weighted by Crippen LogP contribution is 2.25. The van der Waals surface area contributed by atoms with Crippen LogP contribution in [-0.4, -0.2) is 22.3 Å². The van der Waals surface area contributed by atoms with Crippen LogP contribution in [0.25, 0.3) is 11.3 Å². The molecule has 0 saturated heterocycles. The first-order valence-electron chi connectivity index (χ1n) is 4.55. The minimum atomic E-state index is -1.24. The number of halogens is 1. The summed E-state index contributed by atoms with van der Waals surface area (Å²) in [6, 6.07) is 2.56. The fraction of sp³-hybridized carbons (Fsp3) is 0. The molecule has 17 heavy (non-hydrogen) atoms. The molecule has 0 spiro atoms. The number of hydrogen-bond acceptors (Lipinski definition) is 4. The molecular formula is C11H6FNO4. The van der Waals surface area contributed by atoms with E-state index in [-0.39, 0.29) is 22.6 Å². The van der Waals surface area contributed by atoms with Gasteiger partial charge in [-0.2, -0.15) is 0 Å². The van der Waals surface area contributed by atoms with Crippen LogP contribution in [0.3, 0.4) is 0 Å². The van der Waals surface area contributed by atoms with E-state index in [0.717, 1.165) is 6.20 Å². The Labute approximate surface area is 94.5 Å². The number of pyridine rings is 1. The zero-order valence-corrected chi connectivity index (χ0v) is 8.38. The van der Waals surface area contributed by atoms with Crippen LogP contribution in [-0.2, 0) is 0 Å². The average molecular weight is 235 g/mol. The standard InChI is InChI=1S/C11H6FNO4/c12-8-4-13-3-6(7(8)5-14)9-1-2-10(17-9)11(15)16/h1-5H,(H,15,16). The molecule has 1 N–H and O–H groups in total. The molecule has 0 saturated carbocycles. The summed E-state index contributed by atoms with van der Waals surface area (Å²) in [6.45, 7) is 0. The van der Waals surface area contributed by atoms with E-state index in [4.69, 9.17) is 9.52 Å². The molecule has 0 amide bonds. The number of carboxylic acids is 1. The van der Waals surface area contributed by atoms with Crippen LogP contribution < -0.4 is 0 Å². The van der Waals surface area contributed by atoms with Gasteiger partial charge >= 0.3 is 5.97 Å². The molecule has 0 fully saturated rings. The number of carbonyl (C=O) groups excluding carboxylic acids is 1. The summed E-state index contributed by atoms with van der Waals surface area (Å²) in [4.78, 5) is 24.9. The van der Waals surface area contributed by atoms with Crippen molar-refractivity contribution < 1.29 is 23.5 Å². The lowest BCUT2D eigenvalue weighted by Crippen LogP contribution is -1.94. The molecule has 2 aromatic heterocycles. The average Bonchev–Trinajstić information content (AvgIpc) is 2.77. The van der Waals surface area contributed by atoms with Crippen molar-refractivity contribution >= 4 is 12.3 Å². The zero-order chi connectivity index (χ0) is 12.4. The number of aromatic carboxylic acids is 1. The van der Waals surface area contributed by atoms with Crippen molar-refractivity contribution in [1.29, 1.82) is 0 Å². The van der Waals surface area contributed by atoms with Crippen molar-refractivity contribution in [1.82, 2.24) is 4.98 Å². The van der Waals surface area contributed by atoms with E-state index in [1.165, 1.54) is 18.3 Å². The third-order valence-electron chi connectivity index (χ3n) is 2.14. The quantitative estimate of drug-likeness (QED) is 0.823. The molecule has 0 aromatic carbocycles. The zero-order valence-electron chi connectivity index (χ0n) is 8.38. The number of carboxylic acid groups (broad SMARTS) is 1. The number of hydrogen-bond donors (Lipinski definition) is 1. The maximum Gasteiger partial charge on any atom is 0.371 e. The Morgan fingerprint density at radius 2 is 2.18 bits per heavy atom. The fourth-order valence-corrected chi connectivity index (χ4v) is 1.36. The summed E-state index contributed by atoms with van der Waals surface area (Å²) in [6.07, 6.45) is 2.46. The molecule has 0 radical (unpaired) electrons. The van der Waals surface area contributed by atoms with Gasteiger partial charge in [0.15, 0.2) is 12.1 Å². The number of rotatable bonds is 3. The van der Waals surface area contributed by atoms with Gasteiger partial charge in [0.2, 0.25) is 5.76 Å². The lowest BCUT2D eigenvalue weighted by Gasteiger charge is -2.00. The highest BCUT2D eigenvalue weighted by atomic mass is 19.1. The Morgan fingerprint density at radius 1 is 1.41 bits per heavy atom. The van der Waals surface area contributed by atoms with Crippen molar-refractivity contribution in [3.05, 3.63) is 41.7 Å². The highest BCUT2D eigenvalue weighted by Gasteiger charge is 2.15. The first-order valence-corrected chi connectivity index (χ1v) is 4.55. The van der Waals surface area contributed by atoms with E-state index < -0.39 is 11.8 Å². The number of nitrogens with zero attached hydrogens (tertiary/aromatic N) is 1. The van der Waals surface area contributed by atoms with E-state index in [9.17, 15) is 14.0 Å². The lowest BCUT2D eigenvalue weighted by atomic mass is 10.1. The number of aromatic nitrogens is 1. The Bertz CT molecular complexity index is 591. The van der Waals surface area contributed by atoms with Crippen LogP contribution in [0.5, 0.6) is 0 Å². The molecule has 0 bridgehead atoms. The van der Waals surface area contributed by atoms with Crippen molar-refractivity contribution in [2.24, 2.45) is 0 Å². The van der Waals surface area contributed by atoms with Crippen LogP contribution in [0.15, 0.2) is 28.9 Å². The summed E-state index contributed by atoms with van der Waals surface area (Å²) >= 11 is 0. The molecule has 86 valence electrons. The maximum absolute atomic E-state index is 13.2. The van der Waals surface area contributed by atoms with Crippen LogP contribution in [0.2, 0.25) is 0 Å². The minimum absolute atomic E-state index is 0.0801. The second kappa shape index (κ2) is 4.17. The van der Waals surface area contributed by atoms with E-state index in [0.29, 0.717) is 6.29 Å². The van der Waals surface area contributed by atoms with E-state index in [1.807, 2.05) is 0 Å². The van der Waals surface area contributed by atoms with Gasteiger partial charge < -0.3 is 9.52 Å². The summed E-state index contributed by atoms with van der Waals surface area (Å²) < 4.78 is 18.2. The predicted molar refractivity (Wildman–Crippen MR) is 54.2 cm³/mol. The smallest absolute Gasteiger partial charge is 0.371 e. The Balaban J connectivity index is 2.56. The van der Waals surface area contributed by atoms with Crippen LogP contribution in [0, 0.1) is 5.82 Å². The van der Waals surface area contributed by atoms with Gasteiger partial charge in [-0.15, -0.1) is 0 Å². The maximum atomic E-state index is 13.2. The van der Waals surface area contributed by atoms with Gasteiger partial charge in [0.1, 0.15) is 5.76 Å². The predicted octanol–water partition coefficient (Wildman–Crippen LogP) is 1.99. The summed E-state index contributed by atoms with van der Waals surface area (Å²) in [5.41, 5.74) is -0.0983. The molecule has 0 atom stereocenters. The largest absolute Gasteiger partial charge is 0.475 e. The molecule has 6 heteroatoms. The van der Waals surface area contributed by atoms with Crippen LogP contribution in [0.1, 0.15) is 20.9 Å². The lowest BCUT2D eigenvalue weighted by molar-refractivity contribution is 0.0663. The monoisotopic (exact) mass is 235 g/mol. The number of aldehydes is 1. The van der Waals surface area contributed by atoms with Gasteiger partial charge in [-0.3, -0.25) is 9.78 Å². The summed E-state index contributed by atoms with van der Waals surface area (Å²) in [7, 11) is 0. The summed E-state index contributed by atoms with van der Waals surface area (Å²) in [5.74, 6) is -2.24. The molecule has 2 heterocycles. The van der Waals surface area contributed by atoms with Crippen molar-refractivity contribution in [2.75, 3.05) is 0 Å². The topological polar surface area (TPSA) is 80.4 Å². The summed E-state index contributed by atoms with van der Waals surface area (Å²) in [5, 5.41) is 8.67. The van der Waals surface area contributed by atoms with Gasteiger partial charge in [0.05, 0.1) is 11.8 Å². The van der Waals surface area contributed by atoms with Crippen molar-refractivity contribution in [3.63, 3.8) is 0 Å². The molecular weight excluding hydrogens is 229 g/mol. The molecule has 2 aromatic rings. The van der Waals surface area contributed by atoms with Crippen LogP contribution in [0.4, 0.5) is 4.39 Å². The first-order chi connectivity index (χ1) is 8.13. The molecule has 5 nitrogen and oxygen atoms in total. The molecule has 0 aliphatic carbocycles. The number of carbonyl (C=O) groups is 2. The Hall–Kier alpha value is -2.50. The molecule has 0 aliphatic rings. The van der Waals surface area contributed by atoms with Gasteiger partial charge in [-0.1, -0.05) is 0 Å².